The first-order valence-electron chi connectivity index (χ1n) is 19.4. The molecular weight excluding hydrogens is 625 g/mol. The molecule has 5 nitrogen and oxygen atoms in total. The summed E-state index contributed by atoms with van der Waals surface area (Å²) in [7, 11) is 0. The standard InChI is InChI=1S/C46H54N4O/c1-9-31-20-21-47-44(24-31)49-42-17-15-14-16-38(42)39-19-18-36(28-43(39)49)51-37-26-34(29(6)7)25-35(27-37)50-41(13-5)46(40(12-4)48-50)45-32(10-2)22-30(8)23-33(45)11-3/h14-22,24-30,33,45H,9-13,23H2,1-8H3/t30-,33-,45?/m0/s1. The number of ether oxygens (including phenoxy) is 1. The van der Waals surface area contributed by atoms with Gasteiger partial charge in [0.05, 0.1) is 22.4 Å². The molecule has 0 spiro atoms. The molecule has 7 rings (SSSR count). The van der Waals surface area contributed by atoms with Gasteiger partial charge < -0.3 is 4.74 Å². The van der Waals surface area contributed by atoms with E-state index >= 15 is 0 Å². The van der Waals surface area contributed by atoms with Crippen LogP contribution in [0.4, 0.5) is 0 Å². The van der Waals surface area contributed by atoms with E-state index in [-0.39, 0.29) is 0 Å². The van der Waals surface area contributed by atoms with Crippen LogP contribution in [0, 0.1) is 11.8 Å². The Kier molecular flexibility index (Phi) is 9.92. The van der Waals surface area contributed by atoms with E-state index in [4.69, 9.17) is 14.8 Å². The van der Waals surface area contributed by atoms with E-state index in [1.807, 2.05) is 6.20 Å². The molecule has 0 amide bonds. The van der Waals surface area contributed by atoms with Crippen molar-refractivity contribution in [1.82, 2.24) is 19.3 Å². The van der Waals surface area contributed by atoms with E-state index < -0.39 is 0 Å². The third kappa shape index (κ3) is 6.41. The Bertz CT molecular complexity index is 2220. The molecule has 0 aliphatic heterocycles. The lowest BCUT2D eigenvalue weighted by Crippen LogP contribution is -2.23. The van der Waals surface area contributed by atoms with Crippen molar-refractivity contribution in [3.8, 4) is 23.0 Å². The molecule has 0 bridgehead atoms. The van der Waals surface area contributed by atoms with Gasteiger partial charge in [-0.05, 0) is 103 Å². The van der Waals surface area contributed by atoms with Crippen molar-refractivity contribution in [2.75, 3.05) is 0 Å². The number of aryl methyl sites for hydroxylation is 2. The molecule has 1 aliphatic rings. The average Bonchev–Trinajstić information content (AvgIpc) is 3.69. The summed E-state index contributed by atoms with van der Waals surface area (Å²) >= 11 is 0. The fraction of sp³-hybridized carbons (Fsp3) is 0.391. The minimum atomic E-state index is 0.332. The fourth-order valence-electron chi connectivity index (χ4n) is 8.62. The topological polar surface area (TPSA) is 44.9 Å². The van der Waals surface area contributed by atoms with Crippen molar-refractivity contribution >= 4 is 21.8 Å². The third-order valence-corrected chi connectivity index (χ3v) is 11.2. The van der Waals surface area contributed by atoms with Gasteiger partial charge in [-0.2, -0.15) is 5.10 Å². The molecule has 6 aromatic rings. The predicted molar refractivity (Wildman–Crippen MR) is 213 cm³/mol. The third-order valence-electron chi connectivity index (χ3n) is 11.2. The highest BCUT2D eigenvalue weighted by atomic mass is 16.5. The number of fused-ring (bicyclic) bond motifs is 3. The molecule has 1 unspecified atom stereocenters. The highest BCUT2D eigenvalue weighted by molar-refractivity contribution is 6.09. The lowest BCUT2D eigenvalue weighted by atomic mass is 9.69. The van der Waals surface area contributed by atoms with Gasteiger partial charge in [0.2, 0.25) is 0 Å². The van der Waals surface area contributed by atoms with Gasteiger partial charge in [0, 0.05) is 46.3 Å². The van der Waals surface area contributed by atoms with Crippen molar-refractivity contribution in [2.45, 2.75) is 106 Å². The number of para-hydroxylation sites is 1. The van der Waals surface area contributed by atoms with Gasteiger partial charge in [-0.15, -0.1) is 0 Å². The molecule has 3 aromatic carbocycles. The molecule has 0 radical (unpaired) electrons. The predicted octanol–water partition coefficient (Wildman–Crippen LogP) is 12.5. The molecule has 0 saturated heterocycles. The van der Waals surface area contributed by atoms with Crippen LogP contribution < -0.4 is 4.74 Å². The normalized spacial score (nSPS) is 17.8. The molecule has 0 saturated carbocycles. The first-order chi connectivity index (χ1) is 24.8. The van der Waals surface area contributed by atoms with E-state index in [9.17, 15) is 0 Å². The number of pyridine rings is 1. The Hall–Kier alpha value is -4.64. The Labute approximate surface area is 304 Å². The van der Waals surface area contributed by atoms with Crippen LogP contribution >= 0.6 is 0 Å². The Morgan fingerprint density at radius 2 is 1.61 bits per heavy atom. The molecule has 0 fully saturated rings. The highest BCUT2D eigenvalue weighted by Crippen LogP contribution is 2.46. The molecule has 3 heterocycles. The molecule has 3 atom stereocenters. The van der Waals surface area contributed by atoms with Gasteiger partial charge in [-0.3, -0.25) is 4.57 Å². The number of benzene rings is 3. The zero-order valence-electron chi connectivity index (χ0n) is 31.8. The summed E-state index contributed by atoms with van der Waals surface area (Å²) in [5, 5.41) is 7.79. The van der Waals surface area contributed by atoms with E-state index in [1.54, 1.807) is 5.57 Å². The lowest BCUT2D eigenvalue weighted by molar-refractivity contribution is 0.346. The van der Waals surface area contributed by atoms with Crippen LogP contribution in [0.5, 0.6) is 11.5 Å². The monoisotopic (exact) mass is 678 g/mol. The maximum atomic E-state index is 6.82. The average molecular weight is 679 g/mol. The van der Waals surface area contributed by atoms with Crippen molar-refractivity contribution in [3.05, 3.63) is 119 Å². The summed E-state index contributed by atoms with van der Waals surface area (Å²) in [6.45, 7) is 18.3. The first kappa shape index (κ1) is 34.8. The van der Waals surface area contributed by atoms with E-state index in [0.717, 1.165) is 59.7 Å². The number of rotatable bonds is 11. The highest BCUT2D eigenvalue weighted by Gasteiger charge is 2.35. The minimum Gasteiger partial charge on any atom is -0.457 e. The van der Waals surface area contributed by atoms with E-state index in [1.165, 1.54) is 51.7 Å². The second-order valence-corrected chi connectivity index (χ2v) is 14.8. The Morgan fingerprint density at radius 1 is 0.804 bits per heavy atom. The SMILES string of the molecule is CCC1=C[C@H](C)C[C@H](CC)C1c1c(CC)nn(-c2cc(Oc3ccc4c5ccccc5n(-c5cc(CC)ccn5)c4c3)cc(C(C)C)c2)c1CC. The molecular formula is C46H54N4O. The Morgan fingerprint density at radius 3 is 2.33 bits per heavy atom. The van der Waals surface area contributed by atoms with Crippen LogP contribution in [0.3, 0.4) is 0 Å². The summed E-state index contributed by atoms with van der Waals surface area (Å²) in [6, 6.07) is 26.0. The summed E-state index contributed by atoms with van der Waals surface area (Å²) in [5.74, 6) is 4.59. The number of hydrogen-bond donors (Lipinski definition) is 0. The van der Waals surface area contributed by atoms with Gasteiger partial charge in [-0.25, -0.2) is 9.67 Å². The summed E-state index contributed by atoms with van der Waals surface area (Å²) in [4.78, 5) is 4.82. The van der Waals surface area contributed by atoms with Crippen molar-refractivity contribution in [2.24, 2.45) is 11.8 Å². The fourth-order valence-corrected chi connectivity index (χ4v) is 8.62. The second-order valence-electron chi connectivity index (χ2n) is 14.8. The maximum Gasteiger partial charge on any atom is 0.137 e. The van der Waals surface area contributed by atoms with Gasteiger partial charge >= 0.3 is 0 Å². The zero-order chi connectivity index (χ0) is 35.8. The van der Waals surface area contributed by atoms with E-state index in [0.29, 0.717) is 23.7 Å². The number of nitrogens with zero attached hydrogens (tertiary/aromatic N) is 4. The van der Waals surface area contributed by atoms with Crippen LogP contribution in [0.15, 0.2) is 90.6 Å². The van der Waals surface area contributed by atoms with Crippen LogP contribution in [-0.2, 0) is 19.3 Å². The quantitative estimate of drug-likeness (QED) is 0.128. The number of hydrogen-bond acceptors (Lipinski definition) is 3. The lowest BCUT2D eigenvalue weighted by Gasteiger charge is -2.35. The number of allylic oxidation sites excluding steroid dienone is 2. The molecule has 264 valence electrons. The van der Waals surface area contributed by atoms with Gasteiger partial charge in [0.15, 0.2) is 0 Å². The van der Waals surface area contributed by atoms with Crippen LogP contribution in [0.1, 0.15) is 115 Å². The summed E-state index contributed by atoms with van der Waals surface area (Å²) in [6.07, 6.45) is 10.8. The molecule has 5 heteroatoms. The van der Waals surface area contributed by atoms with Crippen molar-refractivity contribution < 1.29 is 4.74 Å². The number of aromatic nitrogens is 4. The maximum absolute atomic E-state index is 6.82. The molecule has 51 heavy (non-hydrogen) atoms. The van der Waals surface area contributed by atoms with E-state index in [2.05, 4.69) is 144 Å². The van der Waals surface area contributed by atoms with Gasteiger partial charge in [0.25, 0.3) is 0 Å². The molecule has 0 N–H and O–H groups in total. The largest absolute Gasteiger partial charge is 0.457 e. The molecule has 3 aromatic heterocycles. The van der Waals surface area contributed by atoms with Crippen molar-refractivity contribution in [3.63, 3.8) is 0 Å². The first-order valence-corrected chi connectivity index (χ1v) is 19.4. The van der Waals surface area contributed by atoms with Crippen LogP contribution in [0.2, 0.25) is 0 Å². The van der Waals surface area contributed by atoms with Crippen LogP contribution in [0.25, 0.3) is 33.3 Å². The van der Waals surface area contributed by atoms with Gasteiger partial charge in [0.1, 0.15) is 17.3 Å². The molecule has 1 aliphatic carbocycles. The second kappa shape index (κ2) is 14.5. The van der Waals surface area contributed by atoms with Gasteiger partial charge in [-0.1, -0.05) is 91.7 Å². The zero-order valence-corrected chi connectivity index (χ0v) is 31.8. The van der Waals surface area contributed by atoms with Crippen LogP contribution in [-0.4, -0.2) is 19.3 Å². The summed E-state index contributed by atoms with van der Waals surface area (Å²) in [5.41, 5.74) is 11.4. The Balaban J connectivity index is 1.34. The smallest absolute Gasteiger partial charge is 0.137 e. The van der Waals surface area contributed by atoms with Crippen molar-refractivity contribution in [1.29, 1.82) is 0 Å². The summed E-state index contributed by atoms with van der Waals surface area (Å²) < 4.78 is 11.3. The minimum absolute atomic E-state index is 0.332.